The second kappa shape index (κ2) is 6.77. The van der Waals surface area contributed by atoms with Crippen molar-refractivity contribution in [3.8, 4) is 0 Å². The van der Waals surface area contributed by atoms with E-state index >= 15 is 0 Å². The van der Waals surface area contributed by atoms with Gasteiger partial charge in [-0.3, -0.25) is 0 Å². The summed E-state index contributed by atoms with van der Waals surface area (Å²) in [6.07, 6.45) is 0.546. The molecule has 0 spiro atoms. The minimum Gasteiger partial charge on any atom is -0.339 e. The maximum absolute atomic E-state index is 6.01. The molecule has 0 fully saturated rings. The molecule has 0 saturated heterocycles. The van der Waals surface area contributed by atoms with Gasteiger partial charge in [-0.15, -0.1) is 0 Å². The van der Waals surface area contributed by atoms with E-state index in [-0.39, 0.29) is 12.0 Å². The molecule has 114 valence electrons. The predicted molar refractivity (Wildman–Crippen MR) is 84.8 cm³/mol. The zero-order valence-corrected chi connectivity index (χ0v) is 13.8. The highest BCUT2D eigenvalue weighted by Crippen LogP contribution is 2.27. The van der Waals surface area contributed by atoms with Crippen molar-refractivity contribution in [2.45, 2.75) is 39.2 Å². The summed E-state index contributed by atoms with van der Waals surface area (Å²) in [5.41, 5.74) is 6.99. The van der Waals surface area contributed by atoms with Crippen molar-refractivity contribution in [2.24, 2.45) is 11.7 Å². The molecule has 0 bridgehead atoms. The van der Waals surface area contributed by atoms with Crippen LogP contribution >= 0.6 is 23.2 Å². The number of aromatic nitrogens is 2. The first kappa shape index (κ1) is 16.3. The average molecular weight is 328 g/mol. The summed E-state index contributed by atoms with van der Waals surface area (Å²) in [5, 5.41) is 5.09. The first-order valence-electron chi connectivity index (χ1n) is 6.90. The highest BCUT2D eigenvalue weighted by atomic mass is 35.5. The van der Waals surface area contributed by atoms with Crippen molar-refractivity contribution >= 4 is 23.2 Å². The average Bonchev–Trinajstić information content (AvgIpc) is 2.81. The Hall–Kier alpha value is -1.10. The smallest absolute Gasteiger partial charge is 0.231 e. The Bertz CT molecular complexity index is 603. The number of rotatable bonds is 5. The van der Waals surface area contributed by atoms with Gasteiger partial charge in [-0.25, -0.2) is 0 Å². The van der Waals surface area contributed by atoms with Gasteiger partial charge in [0.1, 0.15) is 0 Å². The molecule has 2 rings (SSSR count). The van der Waals surface area contributed by atoms with E-state index in [1.807, 2.05) is 19.1 Å². The quantitative estimate of drug-likeness (QED) is 0.899. The molecule has 0 aliphatic heterocycles. The van der Waals surface area contributed by atoms with E-state index < -0.39 is 0 Å². The number of benzene rings is 1. The zero-order chi connectivity index (χ0) is 15.6. The molecule has 1 aromatic carbocycles. The van der Waals surface area contributed by atoms with Crippen LogP contribution in [0.1, 0.15) is 44.0 Å². The molecular formula is C15H19Cl2N3O. The summed E-state index contributed by atoms with van der Waals surface area (Å²) in [6.45, 7) is 6.14. The van der Waals surface area contributed by atoms with Crippen LogP contribution in [0.2, 0.25) is 10.0 Å². The van der Waals surface area contributed by atoms with Crippen LogP contribution in [-0.4, -0.2) is 16.2 Å². The van der Waals surface area contributed by atoms with Crippen LogP contribution in [0.25, 0.3) is 0 Å². The van der Waals surface area contributed by atoms with Crippen LogP contribution in [-0.2, 0) is 6.42 Å². The van der Waals surface area contributed by atoms with Gasteiger partial charge >= 0.3 is 0 Å². The highest BCUT2D eigenvalue weighted by Gasteiger charge is 2.26. The monoisotopic (exact) mass is 327 g/mol. The topological polar surface area (TPSA) is 64.9 Å². The minimum absolute atomic E-state index is 0.0386. The predicted octanol–water partition coefficient (Wildman–Crippen LogP) is 4.05. The first-order chi connectivity index (χ1) is 9.88. The molecule has 1 aromatic heterocycles. The van der Waals surface area contributed by atoms with Crippen LogP contribution < -0.4 is 5.73 Å². The number of hydrogen-bond acceptors (Lipinski definition) is 4. The fourth-order valence-corrected chi connectivity index (χ4v) is 2.74. The Balaban J connectivity index is 2.17. The molecular weight excluding hydrogens is 309 g/mol. The Kier molecular flexibility index (Phi) is 5.25. The van der Waals surface area contributed by atoms with Crippen molar-refractivity contribution < 1.29 is 4.52 Å². The third-order valence-electron chi connectivity index (χ3n) is 3.40. The molecule has 4 nitrogen and oxygen atoms in total. The van der Waals surface area contributed by atoms with Gasteiger partial charge in [-0.05, 0) is 30.5 Å². The van der Waals surface area contributed by atoms with Crippen molar-refractivity contribution in [3.05, 3.63) is 45.5 Å². The summed E-state index contributed by atoms with van der Waals surface area (Å²) < 4.78 is 5.38. The van der Waals surface area contributed by atoms with Gasteiger partial charge in [0.15, 0.2) is 5.82 Å². The van der Waals surface area contributed by atoms with Crippen molar-refractivity contribution in [3.63, 3.8) is 0 Å². The van der Waals surface area contributed by atoms with Crippen molar-refractivity contribution in [2.75, 3.05) is 0 Å². The standard InChI is InChI=1S/C15H19Cl2N3O/c1-8(2)14(9(3)18)15-19-13(20-21-15)7-10-4-5-11(16)12(17)6-10/h4-6,8-9,14H,7,18H2,1-3H3. The molecule has 2 unspecified atom stereocenters. The van der Waals surface area contributed by atoms with Crippen LogP contribution in [0.4, 0.5) is 0 Å². The molecule has 2 N–H and O–H groups in total. The number of hydrogen-bond donors (Lipinski definition) is 1. The number of nitrogens with two attached hydrogens (primary N) is 1. The van der Waals surface area contributed by atoms with E-state index in [9.17, 15) is 0 Å². The van der Waals surface area contributed by atoms with Gasteiger partial charge in [-0.2, -0.15) is 4.98 Å². The number of nitrogens with zero attached hydrogens (tertiary/aromatic N) is 2. The zero-order valence-electron chi connectivity index (χ0n) is 12.3. The van der Waals surface area contributed by atoms with Crippen LogP contribution in [0.15, 0.2) is 22.7 Å². The molecule has 6 heteroatoms. The molecule has 1 heterocycles. The van der Waals surface area contributed by atoms with Crippen LogP contribution in [0, 0.1) is 5.92 Å². The molecule has 2 atom stereocenters. The SMILES string of the molecule is CC(C)C(c1nc(Cc2ccc(Cl)c(Cl)c2)no1)C(C)N. The normalized spacial score (nSPS) is 14.4. The molecule has 0 amide bonds. The summed E-state index contributed by atoms with van der Waals surface area (Å²) in [7, 11) is 0. The molecule has 21 heavy (non-hydrogen) atoms. The minimum atomic E-state index is -0.0386. The summed E-state index contributed by atoms with van der Waals surface area (Å²) in [5.74, 6) is 1.60. The molecule has 0 radical (unpaired) electrons. The maximum atomic E-state index is 6.01. The Labute approximate surface area is 134 Å². The van der Waals surface area contributed by atoms with Crippen molar-refractivity contribution in [1.29, 1.82) is 0 Å². The lowest BCUT2D eigenvalue weighted by molar-refractivity contribution is 0.298. The van der Waals surface area contributed by atoms with Gasteiger partial charge in [0.25, 0.3) is 0 Å². The summed E-state index contributed by atoms with van der Waals surface area (Å²) in [6, 6.07) is 5.43. The van der Waals surface area contributed by atoms with Gasteiger partial charge in [0.05, 0.1) is 16.0 Å². The maximum Gasteiger partial charge on any atom is 0.231 e. The summed E-state index contributed by atoms with van der Waals surface area (Å²) in [4.78, 5) is 4.47. The second-order valence-electron chi connectivity index (χ2n) is 5.60. The fraction of sp³-hybridized carbons (Fsp3) is 0.467. The Morgan fingerprint density at radius 3 is 2.48 bits per heavy atom. The van der Waals surface area contributed by atoms with Gasteiger partial charge in [-0.1, -0.05) is 48.3 Å². The lowest BCUT2D eigenvalue weighted by atomic mass is 9.90. The van der Waals surface area contributed by atoms with Crippen molar-refractivity contribution in [1.82, 2.24) is 10.1 Å². The Morgan fingerprint density at radius 2 is 1.90 bits per heavy atom. The molecule has 0 aliphatic carbocycles. The lowest BCUT2D eigenvalue weighted by Gasteiger charge is -2.20. The third kappa shape index (κ3) is 3.96. The van der Waals surface area contributed by atoms with Gasteiger partial charge in [0.2, 0.25) is 5.89 Å². The second-order valence-corrected chi connectivity index (χ2v) is 6.42. The van der Waals surface area contributed by atoms with Gasteiger partial charge < -0.3 is 10.3 Å². The van der Waals surface area contributed by atoms with E-state index in [2.05, 4.69) is 24.0 Å². The fourth-order valence-electron chi connectivity index (χ4n) is 2.42. The van der Waals surface area contributed by atoms with Crippen LogP contribution in [0.3, 0.4) is 0 Å². The first-order valence-corrected chi connectivity index (χ1v) is 7.66. The van der Waals surface area contributed by atoms with E-state index in [1.54, 1.807) is 6.07 Å². The number of halogens is 2. The molecule has 0 aliphatic rings. The van der Waals surface area contributed by atoms with E-state index in [0.717, 1.165) is 5.56 Å². The van der Waals surface area contributed by atoms with Gasteiger partial charge in [0, 0.05) is 12.5 Å². The highest BCUT2D eigenvalue weighted by molar-refractivity contribution is 6.42. The lowest BCUT2D eigenvalue weighted by Crippen LogP contribution is -2.28. The third-order valence-corrected chi connectivity index (χ3v) is 4.14. The molecule has 2 aromatic rings. The van der Waals surface area contributed by atoms with Crippen LogP contribution in [0.5, 0.6) is 0 Å². The molecule has 0 saturated carbocycles. The van der Waals surface area contributed by atoms with E-state index in [1.165, 1.54) is 0 Å². The Morgan fingerprint density at radius 1 is 1.19 bits per heavy atom. The largest absolute Gasteiger partial charge is 0.339 e. The van der Waals surface area contributed by atoms with E-state index in [4.69, 9.17) is 33.5 Å². The van der Waals surface area contributed by atoms with E-state index in [0.29, 0.717) is 34.1 Å². The summed E-state index contributed by atoms with van der Waals surface area (Å²) >= 11 is 11.9.